The van der Waals surface area contributed by atoms with Crippen molar-refractivity contribution in [3.05, 3.63) is 47.8 Å². The summed E-state index contributed by atoms with van der Waals surface area (Å²) in [6, 6.07) is 5.57. The Kier molecular flexibility index (Phi) is 4.49. The van der Waals surface area contributed by atoms with Crippen LogP contribution < -0.4 is 4.90 Å². The number of piperazine rings is 1. The van der Waals surface area contributed by atoms with E-state index < -0.39 is 0 Å². The van der Waals surface area contributed by atoms with E-state index in [4.69, 9.17) is 16.6 Å². The second kappa shape index (κ2) is 7.08. The standard InChI is InChI=1S/C16H17N7OS/c25-16-23(20-14(24-16)13-3-1-4-17-11-13)12-21-7-9-22(10-8-21)15-18-5-2-6-19-15/h1-6,11H,7-10,12H2. The maximum Gasteiger partial charge on any atom is 0.288 e. The Bertz CT molecular complexity index is 872. The quantitative estimate of drug-likeness (QED) is 0.656. The van der Waals surface area contributed by atoms with Gasteiger partial charge in [-0.1, -0.05) is 0 Å². The second-order valence-electron chi connectivity index (χ2n) is 5.71. The van der Waals surface area contributed by atoms with Gasteiger partial charge >= 0.3 is 0 Å². The molecule has 1 fully saturated rings. The molecule has 3 aromatic rings. The molecule has 9 heteroatoms. The predicted octanol–water partition coefficient (Wildman–Crippen LogP) is 1.84. The van der Waals surface area contributed by atoms with Crippen molar-refractivity contribution in [2.45, 2.75) is 6.67 Å². The summed E-state index contributed by atoms with van der Waals surface area (Å²) in [6.07, 6.45) is 6.96. The Labute approximate surface area is 149 Å². The number of aromatic nitrogens is 5. The van der Waals surface area contributed by atoms with Gasteiger partial charge in [-0.3, -0.25) is 9.88 Å². The molecule has 0 N–H and O–H groups in total. The van der Waals surface area contributed by atoms with E-state index in [1.807, 2.05) is 18.2 Å². The summed E-state index contributed by atoms with van der Waals surface area (Å²) in [7, 11) is 0. The Balaban J connectivity index is 1.41. The van der Waals surface area contributed by atoms with Gasteiger partial charge in [-0.2, -0.15) is 0 Å². The lowest BCUT2D eigenvalue weighted by atomic mass is 10.3. The van der Waals surface area contributed by atoms with Crippen molar-refractivity contribution >= 4 is 18.2 Å². The van der Waals surface area contributed by atoms with Crippen molar-refractivity contribution in [3.8, 4) is 11.5 Å². The first-order valence-electron chi connectivity index (χ1n) is 8.02. The third-order valence-corrected chi connectivity index (χ3v) is 4.35. The normalized spacial score (nSPS) is 15.4. The molecule has 8 nitrogen and oxygen atoms in total. The Hall–Kier alpha value is -2.65. The topological polar surface area (TPSA) is 76.1 Å². The highest BCUT2D eigenvalue weighted by molar-refractivity contribution is 7.71. The maximum absolute atomic E-state index is 5.60. The zero-order valence-electron chi connectivity index (χ0n) is 13.5. The first-order chi connectivity index (χ1) is 12.3. The smallest absolute Gasteiger partial charge is 0.288 e. The predicted molar refractivity (Wildman–Crippen MR) is 94.4 cm³/mol. The van der Waals surface area contributed by atoms with E-state index in [1.165, 1.54) is 0 Å². The van der Waals surface area contributed by atoms with Gasteiger partial charge < -0.3 is 9.32 Å². The molecule has 3 aromatic heterocycles. The van der Waals surface area contributed by atoms with Crippen molar-refractivity contribution < 1.29 is 4.42 Å². The van der Waals surface area contributed by atoms with Crippen LogP contribution in [0.2, 0.25) is 0 Å². The monoisotopic (exact) mass is 355 g/mol. The molecular weight excluding hydrogens is 338 g/mol. The number of hydrogen-bond donors (Lipinski definition) is 0. The first-order valence-corrected chi connectivity index (χ1v) is 8.43. The highest BCUT2D eigenvalue weighted by Gasteiger charge is 2.20. The molecule has 4 rings (SSSR count). The molecule has 25 heavy (non-hydrogen) atoms. The van der Waals surface area contributed by atoms with Crippen LogP contribution in [-0.2, 0) is 6.67 Å². The van der Waals surface area contributed by atoms with Crippen LogP contribution in [-0.4, -0.2) is 55.8 Å². The van der Waals surface area contributed by atoms with E-state index in [0.717, 1.165) is 37.7 Å². The molecule has 0 unspecified atom stereocenters. The van der Waals surface area contributed by atoms with E-state index in [9.17, 15) is 0 Å². The van der Waals surface area contributed by atoms with Crippen LogP contribution in [0.3, 0.4) is 0 Å². The summed E-state index contributed by atoms with van der Waals surface area (Å²) in [5, 5.41) is 4.48. The minimum absolute atomic E-state index is 0.368. The van der Waals surface area contributed by atoms with Gasteiger partial charge in [-0.15, -0.1) is 5.10 Å². The van der Waals surface area contributed by atoms with Gasteiger partial charge in [0, 0.05) is 51.0 Å². The van der Waals surface area contributed by atoms with Gasteiger partial charge in [0.1, 0.15) is 0 Å². The average molecular weight is 355 g/mol. The molecule has 0 spiro atoms. The summed E-state index contributed by atoms with van der Waals surface area (Å²) in [5.41, 5.74) is 0.818. The minimum atomic E-state index is 0.368. The molecule has 0 amide bonds. The molecular formula is C16H17N7OS. The molecule has 0 atom stereocenters. The van der Waals surface area contributed by atoms with E-state index in [0.29, 0.717) is 17.4 Å². The lowest BCUT2D eigenvalue weighted by molar-refractivity contribution is 0.191. The van der Waals surface area contributed by atoms with Crippen LogP contribution in [0.15, 0.2) is 47.4 Å². The molecule has 0 bridgehead atoms. The Morgan fingerprint density at radius 3 is 2.56 bits per heavy atom. The molecule has 1 saturated heterocycles. The van der Waals surface area contributed by atoms with Crippen LogP contribution in [0.4, 0.5) is 5.95 Å². The van der Waals surface area contributed by atoms with Gasteiger partial charge in [0.15, 0.2) is 0 Å². The maximum atomic E-state index is 5.60. The summed E-state index contributed by atoms with van der Waals surface area (Å²) >= 11 is 5.30. The zero-order chi connectivity index (χ0) is 17.1. The van der Waals surface area contributed by atoms with E-state index in [2.05, 4.69) is 29.9 Å². The van der Waals surface area contributed by atoms with Crippen molar-refractivity contribution in [2.75, 3.05) is 31.1 Å². The van der Waals surface area contributed by atoms with E-state index in [1.54, 1.807) is 29.5 Å². The number of rotatable bonds is 4. The molecule has 0 radical (unpaired) electrons. The van der Waals surface area contributed by atoms with Crippen LogP contribution in [0.25, 0.3) is 11.5 Å². The number of pyridine rings is 1. The number of anilines is 1. The highest BCUT2D eigenvalue weighted by Crippen LogP contribution is 2.17. The van der Waals surface area contributed by atoms with E-state index >= 15 is 0 Å². The fraction of sp³-hybridized carbons (Fsp3) is 0.312. The fourth-order valence-corrected chi connectivity index (χ4v) is 2.91. The van der Waals surface area contributed by atoms with Crippen molar-refractivity contribution in [1.82, 2.24) is 29.6 Å². The van der Waals surface area contributed by atoms with Gasteiger partial charge in [0.05, 0.1) is 12.2 Å². The van der Waals surface area contributed by atoms with Gasteiger partial charge in [-0.25, -0.2) is 14.6 Å². The van der Waals surface area contributed by atoms with Gasteiger partial charge in [-0.05, 0) is 30.4 Å². The highest BCUT2D eigenvalue weighted by atomic mass is 32.1. The molecule has 1 aliphatic heterocycles. The van der Waals surface area contributed by atoms with Gasteiger partial charge in [0.2, 0.25) is 11.8 Å². The summed E-state index contributed by atoms with van der Waals surface area (Å²) < 4.78 is 7.32. The summed E-state index contributed by atoms with van der Waals surface area (Å²) in [6.45, 7) is 4.10. The largest absolute Gasteiger partial charge is 0.409 e. The lowest BCUT2D eigenvalue weighted by Crippen LogP contribution is -2.47. The Morgan fingerprint density at radius 2 is 1.84 bits per heavy atom. The van der Waals surface area contributed by atoms with Crippen molar-refractivity contribution in [3.63, 3.8) is 0 Å². The molecule has 0 aliphatic carbocycles. The van der Waals surface area contributed by atoms with Crippen LogP contribution in [0.1, 0.15) is 0 Å². The SMILES string of the molecule is S=c1oc(-c2cccnc2)nn1CN1CCN(c2ncccn2)CC1. The van der Waals surface area contributed by atoms with Gasteiger partial charge in [0.25, 0.3) is 4.84 Å². The minimum Gasteiger partial charge on any atom is -0.409 e. The molecule has 1 aliphatic rings. The lowest BCUT2D eigenvalue weighted by Gasteiger charge is -2.34. The molecule has 0 aromatic carbocycles. The van der Waals surface area contributed by atoms with Crippen LogP contribution >= 0.6 is 12.2 Å². The van der Waals surface area contributed by atoms with Crippen LogP contribution in [0.5, 0.6) is 0 Å². The third-order valence-electron chi connectivity index (χ3n) is 4.06. The Morgan fingerprint density at radius 1 is 1.04 bits per heavy atom. The van der Waals surface area contributed by atoms with E-state index in [-0.39, 0.29) is 0 Å². The molecule has 128 valence electrons. The number of nitrogens with zero attached hydrogens (tertiary/aromatic N) is 7. The molecule has 4 heterocycles. The average Bonchev–Trinajstić information content (AvgIpc) is 3.04. The first kappa shape index (κ1) is 15.9. The summed E-state index contributed by atoms with van der Waals surface area (Å²) in [5.74, 6) is 1.27. The number of hydrogen-bond acceptors (Lipinski definition) is 8. The molecule has 0 saturated carbocycles. The third kappa shape index (κ3) is 3.57. The second-order valence-corrected chi connectivity index (χ2v) is 6.06. The zero-order valence-corrected chi connectivity index (χ0v) is 14.3. The van der Waals surface area contributed by atoms with Crippen LogP contribution in [0, 0.1) is 4.84 Å². The fourth-order valence-electron chi connectivity index (χ4n) is 2.73. The summed E-state index contributed by atoms with van der Waals surface area (Å²) in [4.78, 5) is 17.5. The van der Waals surface area contributed by atoms with Crippen molar-refractivity contribution in [2.24, 2.45) is 0 Å². The van der Waals surface area contributed by atoms with Crippen molar-refractivity contribution in [1.29, 1.82) is 0 Å².